The van der Waals surface area contributed by atoms with E-state index in [1.807, 2.05) is 30.3 Å². The summed E-state index contributed by atoms with van der Waals surface area (Å²) in [5.74, 6) is -2.62. The van der Waals surface area contributed by atoms with Crippen LogP contribution in [0.3, 0.4) is 0 Å². The highest BCUT2D eigenvalue weighted by Gasteiger charge is 2.59. The molecule has 1 aromatic carbocycles. The lowest BCUT2D eigenvalue weighted by atomic mass is 9.88. The van der Waals surface area contributed by atoms with E-state index in [0.29, 0.717) is 0 Å². The zero-order valence-electron chi connectivity index (χ0n) is 18.5. The topological polar surface area (TPSA) is 124 Å². The van der Waals surface area contributed by atoms with E-state index in [-0.39, 0.29) is 26.2 Å². The maximum atomic E-state index is 12.0. The molecule has 0 spiro atoms. The third-order valence-electron chi connectivity index (χ3n) is 4.56. The lowest BCUT2D eigenvalue weighted by molar-refractivity contribution is -0.320. The molecule has 0 aliphatic carbocycles. The molecule has 1 fully saturated rings. The summed E-state index contributed by atoms with van der Waals surface area (Å²) in [7, 11) is 0. The smallest absolute Gasteiger partial charge is 0.305 e. The van der Waals surface area contributed by atoms with E-state index in [0.717, 1.165) is 12.5 Å². The van der Waals surface area contributed by atoms with Gasteiger partial charge in [-0.25, -0.2) is 0 Å². The molecule has 0 saturated carbocycles. The lowest BCUT2D eigenvalue weighted by Gasteiger charge is -2.47. The number of ether oxygens (including phenoxy) is 6. The van der Waals surface area contributed by atoms with Crippen molar-refractivity contribution in [2.24, 2.45) is 0 Å². The maximum absolute atomic E-state index is 12.0. The number of carbonyl (C=O) groups is 4. The Labute approximate surface area is 186 Å². The number of esters is 4. The van der Waals surface area contributed by atoms with Crippen molar-refractivity contribution in [3.63, 3.8) is 0 Å². The van der Waals surface area contributed by atoms with Crippen LogP contribution in [0, 0.1) is 0 Å². The third-order valence-corrected chi connectivity index (χ3v) is 4.56. The van der Waals surface area contributed by atoms with E-state index >= 15 is 0 Å². The molecule has 10 heteroatoms. The molecular formula is C22H28O10. The van der Waals surface area contributed by atoms with Crippen LogP contribution in [-0.4, -0.2) is 61.2 Å². The number of hydrogen-bond donors (Lipinski definition) is 0. The van der Waals surface area contributed by atoms with Gasteiger partial charge >= 0.3 is 23.9 Å². The fourth-order valence-corrected chi connectivity index (χ4v) is 3.35. The van der Waals surface area contributed by atoms with E-state index in [4.69, 9.17) is 28.4 Å². The zero-order chi connectivity index (χ0) is 23.7. The predicted octanol–water partition coefficient (Wildman–Crippen LogP) is 1.68. The molecule has 1 heterocycles. The fraction of sp³-hybridized carbons (Fsp3) is 0.545. The molecule has 0 aromatic heterocycles. The normalized spacial score (nSPS) is 24.8. The summed E-state index contributed by atoms with van der Waals surface area (Å²) in [5, 5.41) is 0. The van der Waals surface area contributed by atoms with Crippen LogP contribution in [0.15, 0.2) is 30.3 Å². The van der Waals surface area contributed by atoms with Crippen LogP contribution in [0.4, 0.5) is 0 Å². The van der Waals surface area contributed by atoms with E-state index in [1.165, 1.54) is 20.8 Å². The fourth-order valence-electron chi connectivity index (χ4n) is 3.35. The van der Waals surface area contributed by atoms with Crippen LogP contribution >= 0.6 is 0 Å². The van der Waals surface area contributed by atoms with Crippen molar-refractivity contribution in [2.45, 2.75) is 64.8 Å². The minimum absolute atomic E-state index is 0.00655. The van der Waals surface area contributed by atoms with Gasteiger partial charge in [-0.15, -0.1) is 0 Å². The molecular weight excluding hydrogens is 424 g/mol. The molecule has 0 N–H and O–H groups in total. The largest absolute Gasteiger partial charge is 0.463 e. The van der Waals surface area contributed by atoms with Crippen molar-refractivity contribution in [1.82, 2.24) is 0 Å². The van der Waals surface area contributed by atoms with Gasteiger partial charge in [0.2, 0.25) is 11.9 Å². The maximum Gasteiger partial charge on any atom is 0.305 e. The van der Waals surface area contributed by atoms with E-state index < -0.39 is 48.0 Å². The van der Waals surface area contributed by atoms with Crippen LogP contribution < -0.4 is 0 Å². The molecule has 176 valence electrons. The zero-order valence-corrected chi connectivity index (χ0v) is 18.5. The average Bonchev–Trinajstić information content (AvgIpc) is 2.69. The summed E-state index contributed by atoms with van der Waals surface area (Å²) in [6.45, 7) is 4.43. The Balaban J connectivity index is 2.36. The van der Waals surface area contributed by atoms with Gasteiger partial charge in [-0.05, 0) is 5.56 Å². The average molecular weight is 452 g/mol. The standard InChI is InChI=1S/C22H28O10/c1-14(23)28-12-19-10-20(29-15(2)24)22(32-17(4)26,21(31-19)30-16(3)25)13-27-11-18-8-6-5-7-9-18/h5-9,19-21H,10-13H2,1-4H3. The van der Waals surface area contributed by atoms with Crippen molar-refractivity contribution < 1.29 is 47.6 Å². The second-order valence-corrected chi connectivity index (χ2v) is 7.36. The van der Waals surface area contributed by atoms with E-state index in [9.17, 15) is 19.2 Å². The van der Waals surface area contributed by atoms with Crippen LogP contribution in [0.2, 0.25) is 0 Å². The van der Waals surface area contributed by atoms with Gasteiger partial charge in [-0.3, -0.25) is 19.2 Å². The van der Waals surface area contributed by atoms with Gasteiger partial charge in [0, 0.05) is 34.1 Å². The molecule has 32 heavy (non-hydrogen) atoms. The van der Waals surface area contributed by atoms with Gasteiger partial charge in [0.05, 0.1) is 19.3 Å². The van der Waals surface area contributed by atoms with E-state index in [2.05, 4.69) is 0 Å². The molecule has 0 amide bonds. The van der Waals surface area contributed by atoms with Crippen LogP contribution in [0.25, 0.3) is 0 Å². The monoisotopic (exact) mass is 452 g/mol. The minimum Gasteiger partial charge on any atom is -0.463 e. The number of rotatable bonds is 9. The van der Waals surface area contributed by atoms with Crippen LogP contribution in [0.5, 0.6) is 0 Å². The SMILES string of the molecule is CC(=O)OCC1CC(OC(C)=O)C(COCc2ccccc2)(OC(C)=O)C(OC(C)=O)O1. The van der Waals surface area contributed by atoms with Crippen molar-refractivity contribution in [3.05, 3.63) is 35.9 Å². The number of carbonyl (C=O) groups excluding carboxylic acids is 4. The molecule has 1 aliphatic rings. The summed E-state index contributed by atoms with van der Waals surface area (Å²) in [5.41, 5.74) is -0.923. The Morgan fingerprint density at radius 3 is 2.16 bits per heavy atom. The first-order valence-corrected chi connectivity index (χ1v) is 10.1. The Bertz CT molecular complexity index is 780. The first-order chi connectivity index (χ1) is 15.1. The van der Waals surface area contributed by atoms with Gasteiger partial charge in [0.1, 0.15) is 6.61 Å². The van der Waals surface area contributed by atoms with Crippen molar-refractivity contribution >= 4 is 23.9 Å². The lowest BCUT2D eigenvalue weighted by Crippen LogP contribution is -2.66. The van der Waals surface area contributed by atoms with Crippen LogP contribution in [0.1, 0.15) is 39.7 Å². The van der Waals surface area contributed by atoms with Gasteiger partial charge in [-0.2, -0.15) is 0 Å². The molecule has 2 rings (SSSR count). The first-order valence-electron chi connectivity index (χ1n) is 10.1. The molecule has 10 nitrogen and oxygen atoms in total. The molecule has 4 atom stereocenters. The predicted molar refractivity (Wildman–Crippen MR) is 108 cm³/mol. The quantitative estimate of drug-likeness (QED) is 0.404. The number of hydrogen-bond acceptors (Lipinski definition) is 10. The summed E-state index contributed by atoms with van der Waals surface area (Å²) in [6, 6.07) is 9.23. The highest BCUT2D eigenvalue weighted by atomic mass is 16.7. The minimum atomic E-state index is -1.77. The van der Waals surface area contributed by atoms with Crippen molar-refractivity contribution in [2.75, 3.05) is 13.2 Å². The second kappa shape index (κ2) is 11.6. The summed E-state index contributed by atoms with van der Waals surface area (Å²) in [6.07, 6.45) is -3.35. The highest BCUT2D eigenvalue weighted by molar-refractivity contribution is 5.69. The molecule has 1 aromatic rings. The van der Waals surface area contributed by atoms with E-state index in [1.54, 1.807) is 0 Å². The summed E-state index contributed by atoms with van der Waals surface area (Å²) >= 11 is 0. The Kier molecular flexibility index (Phi) is 9.15. The highest BCUT2D eigenvalue weighted by Crippen LogP contribution is 2.37. The first kappa shape index (κ1) is 25.3. The Morgan fingerprint density at radius 2 is 1.59 bits per heavy atom. The summed E-state index contributed by atoms with van der Waals surface area (Å²) in [4.78, 5) is 46.9. The third kappa shape index (κ3) is 7.31. The Hall–Kier alpha value is -2.98. The van der Waals surface area contributed by atoms with Gasteiger partial charge in [0.25, 0.3) is 0 Å². The second-order valence-electron chi connectivity index (χ2n) is 7.36. The molecule has 1 saturated heterocycles. The van der Waals surface area contributed by atoms with Gasteiger partial charge < -0.3 is 28.4 Å². The van der Waals surface area contributed by atoms with Gasteiger partial charge in [-0.1, -0.05) is 30.3 Å². The summed E-state index contributed by atoms with van der Waals surface area (Å²) < 4.78 is 32.9. The van der Waals surface area contributed by atoms with Crippen molar-refractivity contribution in [1.29, 1.82) is 0 Å². The molecule has 4 unspecified atom stereocenters. The molecule has 1 aliphatic heterocycles. The molecule has 0 bridgehead atoms. The Morgan fingerprint density at radius 1 is 0.938 bits per heavy atom. The van der Waals surface area contributed by atoms with Crippen molar-refractivity contribution in [3.8, 4) is 0 Å². The van der Waals surface area contributed by atoms with Gasteiger partial charge in [0.15, 0.2) is 6.10 Å². The molecule has 0 radical (unpaired) electrons. The number of benzene rings is 1. The van der Waals surface area contributed by atoms with Crippen LogP contribution in [-0.2, 0) is 54.2 Å².